The van der Waals surface area contributed by atoms with Crippen molar-refractivity contribution in [1.82, 2.24) is 5.06 Å². The normalized spacial score (nSPS) is 14.0. The summed E-state index contributed by atoms with van der Waals surface area (Å²) in [7, 11) is -4.30. The number of nitrogens with zero attached hydrogens (tertiary/aromatic N) is 1. The van der Waals surface area contributed by atoms with Gasteiger partial charge in [-0.3, -0.25) is 9.59 Å². The molecule has 0 bridgehead atoms. The fourth-order valence-corrected chi connectivity index (χ4v) is 3.03. The van der Waals surface area contributed by atoms with E-state index >= 15 is 0 Å². The molecule has 0 N–H and O–H groups in total. The first-order valence-corrected chi connectivity index (χ1v) is 8.00. The van der Waals surface area contributed by atoms with E-state index in [4.69, 9.17) is 4.28 Å². The highest BCUT2D eigenvalue weighted by molar-refractivity contribution is 7.86. The van der Waals surface area contributed by atoms with Crippen molar-refractivity contribution in [2.45, 2.75) is 4.90 Å². The Morgan fingerprint density at radius 3 is 1.91 bits per heavy atom. The van der Waals surface area contributed by atoms with Gasteiger partial charge in [0.05, 0.1) is 16.0 Å². The lowest BCUT2D eigenvalue weighted by atomic mass is 10.1. The summed E-state index contributed by atoms with van der Waals surface area (Å²) in [6.07, 6.45) is 1.56. The summed E-state index contributed by atoms with van der Waals surface area (Å²) in [5.74, 6) is -1.62. The van der Waals surface area contributed by atoms with Gasteiger partial charge in [0, 0.05) is 0 Å². The summed E-state index contributed by atoms with van der Waals surface area (Å²) in [6.45, 7) is 3.57. The number of amides is 2. The van der Waals surface area contributed by atoms with Crippen molar-refractivity contribution >= 4 is 28.0 Å². The Morgan fingerprint density at radius 1 is 0.913 bits per heavy atom. The number of rotatable bonds is 4. The third-order valence-corrected chi connectivity index (χ3v) is 4.53. The first-order chi connectivity index (χ1) is 10.9. The molecule has 0 unspecified atom stereocenters. The first-order valence-electron chi connectivity index (χ1n) is 6.59. The lowest BCUT2D eigenvalue weighted by Gasteiger charge is -2.13. The number of hydrogen-bond donors (Lipinski definition) is 0. The molecule has 23 heavy (non-hydrogen) atoms. The number of hydrogen-bond acceptors (Lipinski definition) is 5. The SMILES string of the molecule is C=Cc1ccc(S(=O)(=O)ON2C(=O)c3ccccc3C2=O)cc1. The van der Waals surface area contributed by atoms with E-state index in [1.807, 2.05) is 0 Å². The van der Waals surface area contributed by atoms with E-state index in [1.165, 1.54) is 36.4 Å². The molecule has 1 aliphatic rings. The molecule has 0 aromatic heterocycles. The highest BCUT2D eigenvalue weighted by Gasteiger charge is 2.39. The average Bonchev–Trinajstić information content (AvgIpc) is 2.80. The number of benzene rings is 2. The van der Waals surface area contributed by atoms with Crippen LogP contribution >= 0.6 is 0 Å². The fraction of sp³-hybridized carbons (Fsp3) is 0. The fourth-order valence-electron chi connectivity index (χ4n) is 2.15. The molecule has 0 spiro atoms. The molecule has 0 radical (unpaired) electrons. The molecule has 116 valence electrons. The van der Waals surface area contributed by atoms with Crippen molar-refractivity contribution in [2.75, 3.05) is 0 Å². The first kappa shape index (κ1) is 15.1. The van der Waals surface area contributed by atoms with Crippen molar-refractivity contribution in [3.8, 4) is 0 Å². The van der Waals surface area contributed by atoms with Crippen molar-refractivity contribution < 1.29 is 22.3 Å². The van der Waals surface area contributed by atoms with Crippen LogP contribution in [-0.4, -0.2) is 25.3 Å². The van der Waals surface area contributed by atoms with Crippen LogP contribution in [0.1, 0.15) is 26.3 Å². The van der Waals surface area contributed by atoms with Crippen molar-refractivity contribution in [3.63, 3.8) is 0 Å². The van der Waals surface area contributed by atoms with Gasteiger partial charge in [0.1, 0.15) is 0 Å². The van der Waals surface area contributed by atoms with Gasteiger partial charge in [0.2, 0.25) is 0 Å². The van der Waals surface area contributed by atoms with Crippen molar-refractivity contribution in [1.29, 1.82) is 0 Å². The molecule has 7 heteroatoms. The van der Waals surface area contributed by atoms with Gasteiger partial charge in [0.25, 0.3) is 11.8 Å². The Bertz CT molecular complexity index is 881. The number of imide groups is 1. The Hall–Kier alpha value is -2.77. The maximum Gasteiger partial charge on any atom is 0.318 e. The molecule has 0 saturated heterocycles. The van der Waals surface area contributed by atoms with Crippen LogP contribution in [0.3, 0.4) is 0 Å². The van der Waals surface area contributed by atoms with E-state index in [0.29, 0.717) is 0 Å². The summed E-state index contributed by atoms with van der Waals surface area (Å²) in [5.41, 5.74) is 0.939. The van der Waals surface area contributed by atoms with Gasteiger partial charge in [0.15, 0.2) is 0 Å². The van der Waals surface area contributed by atoms with Gasteiger partial charge in [-0.2, -0.15) is 8.42 Å². The van der Waals surface area contributed by atoms with Gasteiger partial charge >= 0.3 is 10.1 Å². The molecule has 0 saturated carbocycles. The highest BCUT2D eigenvalue weighted by Crippen LogP contribution is 2.25. The molecule has 2 aromatic carbocycles. The van der Waals surface area contributed by atoms with Crippen LogP contribution in [0.4, 0.5) is 0 Å². The van der Waals surface area contributed by atoms with E-state index in [1.54, 1.807) is 18.2 Å². The summed E-state index contributed by atoms with van der Waals surface area (Å²) >= 11 is 0. The second-order valence-corrected chi connectivity index (χ2v) is 6.28. The number of fused-ring (bicyclic) bond motifs is 1. The lowest BCUT2D eigenvalue weighted by molar-refractivity contribution is -0.0103. The van der Waals surface area contributed by atoms with E-state index in [2.05, 4.69) is 6.58 Å². The Kier molecular flexibility index (Phi) is 3.59. The summed E-state index contributed by atoms with van der Waals surface area (Å²) < 4.78 is 29.2. The molecule has 2 amide bonds. The molecular weight excluding hydrogens is 318 g/mol. The molecule has 1 aliphatic heterocycles. The monoisotopic (exact) mass is 329 g/mol. The van der Waals surface area contributed by atoms with Gasteiger partial charge in [-0.1, -0.05) is 36.9 Å². The lowest BCUT2D eigenvalue weighted by Crippen LogP contribution is -2.32. The number of carbonyl (C=O) groups excluding carboxylic acids is 2. The van der Waals surface area contributed by atoms with Crippen LogP contribution in [0.15, 0.2) is 60.0 Å². The van der Waals surface area contributed by atoms with Crippen LogP contribution < -0.4 is 0 Å². The molecule has 2 aromatic rings. The molecule has 0 fully saturated rings. The molecule has 0 atom stereocenters. The predicted molar refractivity (Wildman–Crippen MR) is 81.7 cm³/mol. The van der Waals surface area contributed by atoms with Crippen LogP contribution in [0.25, 0.3) is 6.08 Å². The van der Waals surface area contributed by atoms with Crippen LogP contribution in [0, 0.1) is 0 Å². The quantitative estimate of drug-likeness (QED) is 0.804. The van der Waals surface area contributed by atoms with Crippen molar-refractivity contribution in [3.05, 3.63) is 71.8 Å². The third-order valence-electron chi connectivity index (χ3n) is 3.33. The van der Waals surface area contributed by atoms with Crippen LogP contribution in [0.5, 0.6) is 0 Å². The minimum Gasteiger partial charge on any atom is -0.266 e. The molecule has 0 aliphatic carbocycles. The van der Waals surface area contributed by atoms with E-state index in [0.717, 1.165) is 5.56 Å². The summed E-state index contributed by atoms with van der Waals surface area (Å²) in [5, 5.41) is 0.265. The largest absolute Gasteiger partial charge is 0.318 e. The standard InChI is InChI=1S/C16H11NO5S/c1-2-11-7-9-12(10-8-11)23(20,21)22-17-15(18)13-5-3-4-6-14(13)16(17)19/h2-10H,1H2. The molecule has 1 heterocycles. The van der Waals surface area contributed by atoms with Gasteiger partial charge in [-0.05, 0) is 29.8 Å². The molecule has 6 nitrogen and oxygen atoms in total. The Morgan fingerprint density at radius 2 is 1.43 bits per heavy atom. The summed E-state index contributed by atoms with van der Waals surface area (Å²) in [4.78, 5) is 24.1. The minimum absolute atomic E-state index is 0.106. The third kappa shape index (κ3) is 2.56. The molecule has 3 rings (SSSR count). The Balaban J connectivity index is 1.91. The number of carbonyl (C=O) groups is 2. The van der Waals surface area contributed by atoms with Gasteiger partial charge < -0.3 is 0 Å². The zero-order chi connectivity index (χ0) is 16.6. The summed E-state index contributed by atoms with van der Waals surface area (Å²) in [6, 6.07) is 11.7. The van der Waals surface area contributed by atoms with Crippen LogP contribution in [-0.2, 0) is 14.4 Å². The zero-order valence-electron chi connectivity index (χ0n) is 11.8. The number of hydroxylamine groups is 2. The van der Waals surface area contributed by atoms with Crippen molar-refractivity contribution in [2.24, 2.45) is 0 Å². The van der Waals surface area contributed by atoms with Crippen LogP contribution in [0.2, 0.25) is 0 Å². The molecular formula is C16H11NO5S. The second-order valence-electron chi connectivity index (χ2n) is 4.75. The van der Waals surface area contributed by atoms with Gasteiger partial charge in [-0.15, -0.1) is 9.35 Å². The highest BCUT2D eigenvalue weighted by atomic mass is 32.2. The minimum atomic E-state index is -4.30. The average molecular weight is 329 g/mol. The van der Waals surface area contributed by atoms with Gasteiger partial charge in [-0.25, -0.2) is 0 Å². The van der Waals surface area contributed by atoms with E-state index < -0.39 is 21.9 Å². The Labute approximate surface area is 132 Å². The predicted octanol–water partition coefficient (Wildman–Crippen LogP) is 2.25. The smallest absolute Gasteiger partial charge is 0.266 e. The van der Waals surface area contributed by atoms with E-state index in [9.17, 15) is 18.0 Å². The van der Waals surface area contributed by atoms with E-state index in [-0.39, 0.29) is 21.1 Å². The maximum atomic E-state index is 12.2. The maximum absolute atomic E-state index is 12.2. The zero-order valence-corrected chi connectivity index (χ0v) is 12.6. The topological polar surface area (TPSA) is 80.8 Å². The second kappa shape index (κ2) is 5.45.